The third kappa shape index (κ3) is 6.06. The predicted molar refractivity (Wildman–Crippen MR) is 72.0 cm³/mol. The molecule has 0 radical (unpaired) electrons. The van der Waals surface area contributed by atoms with Gasteiger partial charge < -0.3 is 9.64 Å². The Hall–Kier alpha value is -0.570. The summed E-state index contributed by atoms with van der Waals surface area (Å²) in [6.45, 7) is 7.61. The first-order valence-electron chi connectivity index (χ1n) is 6.89. The van der Waals surface area contributed by atoms with Crippen LogP contribution < -0.4 is 0 Å². The first kappa shape index (κ1) is 16.4. The fourth-order valence-corrected chi connectivity index (χ4v) is 2.16. The monoisotopic (exact) mass is 243 g/mol. The van der Waals surface area contributed by atoms with Gasteiger partial charge in [-0.2, -0.15) is 0 Å². The van der Waals surface area contributed by atoms with Crippen LogP contribution in [-0.4, -0.2) is 38.1 Å². The zero-order valence-corrected chi connectivity index (χ0v) is 12.2. The van der Waals surface area contributed by atoms with Crippen molar-refractivity contribution in [1.82, 2.24) is 4.90 Å². The minimum Gasteiger partial charge on any atom is -0.383 e. The maximum absolute atomic E-state index is 12.0. The Bertz CT molecular complexity index is 198. The molecule has 1 saturated carbocycles. The Morgan fingerprint density at radius 2 is 1.76 bits per heavy atom. The van der Waals surface area contributed by atoms with Crippen LogP contribution in [0.5, 0.6) is 0 Å². The summed E-state index contributed by atoms with van der Waals surface area (Å²) in [5.41, 5.74) is 0. The number of nitrogens with zero attached hydrogens (tertiary/aromatic N) is 1. The summed E-state index contributed by atoms with van der Waals surface area (Å²) in [6, 6.07) is 0. The fourth-order valence-electron chi connectivity index (χ4n) is 2.16. The second-order valence-corrected chi connectivity index (χ2v) is 4.71. The molecule has 0 saturated heterocycles. The molecule has 3 heteroatoms. The third-order valence-corrected chi connectivity index (χ3v) is 3.37. The van der Waals surface area contributed by atoms with Crippen molar-refractivity contribution in [3.8, 4) is 0 Å². The van der Waals surface area contributed by atoms with Gasteiger partial charge in [0.2, 0.25) is 5.91 Å². The maximum Gasteiger partial charge on any atom is 0.225 e. The molecular formula is C14H29NO2. The van der Waals surface area contributed by atoms with E-state index in [9.17, 15) is 4.79 Å². The number of methoxy groups -OCH3 is 1. The molecule has 0 aromatic rings. The molecular weight excluding hydrogens is 214 g/mol. The van der Waals surface area contributed by atoms with Crippen molar-refractivity contribution in [2.24, 2.45) is 11.8 Å². The standard InChI is InChI=1S/C12H23NO2.C2H6/c1-10-4-6-11(7-5-10)12(14)13(2)8-9-15-3;1-2/h10-11H,4-9H2,1-3H3;1-2H3. The summed E-state index contributed by atoms with van der Waals surface area (Å²) in [5, 5.41) is 0. The molecule has 1 amide bonds. The number of rotatable bonds is 4. The summed E-state index contributed by atoms with van der Waals surface area (Å²) >= 11 is 0. The molecule has 3 nitrogen and oxygen atoms in total. The first-order valence-corrected chi connectivity index (χ1v) is 6.89. The summed E-state index contributed by atoms with van der Waals surface area (Å²) in [6.07, 6.45) is 4.54. The van der Waals surface area contributed by atoms with E-state index >= 15 is 0 Å². The largest absolute Gasteiger partial charge is 0.383 e. The molecule has 0 N–H and O–H groups in total. The zero-order valence-electron chi connectivity index (χ0n) is 12.2. The lowest BCUT2D eigenvalue weighted by Gasteiger charge is -2.28. The second kappa shape index (κ2) is 9.46. The van der Waals surface area contributed by atoms with Crippen LogP contribution in [-0.2, 0) is 9.53 Å². The molecule has 0 heterocycles. The van der Waals surface area contributed by atoms with Gasteiger partial charge in [-0.05, 0) is 31.6 Å². The lowest BCUT2D eigenvalue weighted by Crippen LogP contribution is -2.36. The average molecular weight is 243 g/mol. The van der Waals surface area contributed by atoms with Crippen molar-refractivity contribution >= 4 is 5.91 Å². The molecule has 0 unspecified atom stereocenters. The van der Waals surface area contributed by atoms with E-state index in [4.69, 9.17) is 4.74 Å². The van der Waals surface area contributed by atoms with Crippen LogP contribution >= 0.6 is 0 Å². The number of amides is 1. The molecule has 102 valence electrons. The summed E-state index contributed by atoms with van der Waals surface area (Å²) < 4.78 is 4.97. The molecule has 1 aliphatic carbocycles. The first-order chi connectivity index (χ1) is 8.15. The number of ether oxygens (including phenoxy) is 1. The smallest absolute Gasteiger partial charge is 0.225 e. The Kier molecular flexibility index (Phi) is 9.14. The minimum absolute atomic E-state index is 0.267. The van der Waals surface area contributed by atoms with Gasteiger partial charge in [0.05, 0.1) is 6.61 Å². The molecule has 17 heavy (non-hydrogen) atoms. The van der Waals surface area contributed by atoms with E-state index in [1.54, 1.807) is 7.11 Å². The highest BCUT2D eigenvalue weighted by Gasteiger charge is 2.26. The van der Waals surface area contributed by atoms with Crippen LogP contribution in [0.3, 0.4) is 0 Å². The Morgan fingerprint density at radius 1 is 1.24 bits per heavy atom. The van der Waals surface area contributed by atoms with Crippen LogP contribution in [0, 0.1) is 11.8 Å². The van der Waals surface area contributed by atoms with E-state index in [-0.39, 0.29) is 5.92 Å². The zero-order chi connectivity index (χ0) is 13.3. The normalized spacial score (nSPS) is 23.6. The molecule has 0 aromatic carbocycles. The molecule has 1 rings (SSSR count). The van der Waals surface area contributed by atoms with Gasteiger partial charge >= 0.3 is 0 Å². The van der Waals surface area contributed by atoms with Gasteiger partial charge in [0.25, 0.3) is 0 Å². The summed E-state index contributed by atoms with van der Waals surface area (Å²) in [4.78, 5) is 13.8. The van der Waals surface area contributed by atoms with Gasteiger partial charge in [-0.3, -0.25) is 4.79 Å². The molecule has 1 aliphatic rings. The SMILES string of the molecule is CC.COCCN(C)C(=O)C1CCC(C)CC1. The quantitative estimate of drug-likeness (QED) is 0.760. The molecule has 1 fully saturated rings. The van der Waals surface area contributed by atoms with Crippen LogP contribution in [0.1, 0.15) is 46.5 Å². The van der Waals surface area contributed by atoms with Crippen LogP contribution in [0.4, 0.5) is 0 Å². The van der Waals surface area contributed by atoms with Gasteiger partial charge in [-0.1, -0.05) is 20.8 Å². The van der Waals surface area contributed by atoms with Crippen LogP contribution in [0.2, 0.25) is 0 Å². The highest BCUT2D eigenvalue weighted by molar-refractivity contribution is 5.78. The van der Waals surface area contributed by atoms with Gasteiger partial charge in [0, 0.05) is 26.6 Å². The lowest BCUT2D eigenvalue weighted by molar-refractivity contribution is -0.136. The highest BCUT2D eigenvalue weighted by Crippen LogP contribution is 2.29. The van der Waals surface area contributed by atoms with E-state index in [2.05, 4.69) is 6.92 Å². The number of hydrogen-bond donors (Lipinski definition) is 0. The number of carbonyl (C=O) groups is 1. The molecule has 0 atom stereocenters. The highest BCUT2D eigenvalue weighted by atomic mass is 16.5. The van der Waals surface area contributed by atoms with Crippen molar-refractivity contribution in [3.05, 3.63) is 0 Å². The van der Waals surface area contributed by atoms with Gasteiger partial charge in [0.15, 0.2) is 0 Å². The Balaban J connectivity index is 0.00000121. The fraction of sp³-hybridized carbons (Fsp3) is 0.929. The van der Waals surface area contributed by atoms with Crippen LogP contribution in [0.15, 0.2) is 0 Å². The van der Waals surface area contributed by atoms with Gasteiger partial charge in [-0.15, -0.1) is 0 Å². The summed E-state index contributed by atoms with van der Waals surface area (Å²) in [7, 11) is 3.54. The average Bonchev–Trinajstić information content (AvgIpc) is 2.38. The van der Waals surface area contributed by atoms with Crippen molar-refractivity contribution < 1.29 is 9.53 Å². The Morgan fingerprint density at radius 3 is 2.24 bits per heavy atom. The molecule has 0 aliphatic heterocycles. The van der Waals surface area contributed by atoms with E-state index in [1.165, 1.54) is 12.8 Å². The topological polar surface area (TPSA) is 29.5 Å². The lowest BCUT2D eigenvalue weighted by atomic mass is 9.82. The minimum atomic E-state index is 0.267. The van der Waals surface area contributed by atoms with Crippen molar-refractivity contribution in [3.63, 3.8) is 0 Å². The van der Waals surface area contributed by atoms with Gasteiger partial charge in [0.1, 0.15) is 0 Å². The van der Waals surface area contributed by atoms with Crippen molar-refractivity contribution in [2.75, 3.05) is 27.3 Å². The van der Waals surface area contributed by atoms with E-state index < -0.39 is 0 Å². The molecule has 0 aromatic heterocycles. The molecule has 0 bridgehead atoms. The third-order valence-electron chi connectivity index (χ3n) is 3.37. The molecule has 0 spiro atoms. The van der Waals surface area contributed by atoms with E-state index in [1.807, 2.05) is 25.8 Å². The van der Waals surface area contributed by atoms with E-state index in [0.29, 0.717) is 19.1 Å². The number of likely N-dealkylation sites (N-methyl/N-ethyl adjacent to an activating group) is 1. The second-order valence-electron chi connectivity index (χ2n) is 4.71. The summed E-state index contributed by atoms with van der Waals surface area (Å²) in [5.74, 6) is 1.38. The predicted octanol–water partition coefficient (Wildman–Crippen LogP) is 2.94. The van der Waals surface area contributed by atoms with E-state index in [0.717, 1.165) is 18.8 Å². The van der Waals surface area contributed by atoms with Crippen LogP contribution in [0.25, 0.3) is 0 Å². The Labute approximate surface area is 107 Å². The van der Waals surface area contributed by atoms with Crippen molar-refractivity contribution in [1.29, 1.82) is 0 Å². The number of carbonyl (C=O) groups excluding carboxylic acids is 1. The van der Waals surface area contributed by atoms with Gasteiger partial charge in [-0.25, -0.2) is 0 Å². The number of hydrogen-bond acceptors (Lipinski definition) is 2. The maximum atomic E-state index is 12.0. The van der Waals surface area contributed by atoms with Crippen molar-refractivity contribution in [2.45, 2.75) is 46.5 Å².